The summed E-state index contributed by atoms with van der Waals surface area (Å²) in [7, 11) is 0. The average Bonchev–Trinajstić information content (AvgIpc) is 3.02. The van der Waals surface area contributed by atoms with Gasteiger partial charge in [0.1, 0.15) is 11.6 Å². The molecule has 0 spiro atoms. The van der Waals surface area contributed by atoms with Crippen LogP contribution in [-0.4, -0.2) is 29.9 Å². The Hall–Kier alpha value is -2.48. The first-order chi connectivity index (χ1) is 11.1. The van der Waals surface area contributed by atoms with Crippen molar-refractivity contribution in [1.82, 2.24) is 10.3 Å². The summed E-state index contributed by atoms with van der Waals surface area (Å²) >= 11 is 1.30. The summed E-state index contributed by atoms with van der Waals surface area (Å²) in [6.45, 7) is 0.186. The van der Waals surface area contributed by atoms with Crippen LogP contribution in [-0.2, 0) is 9.59 Å². The van der Waals surface area contributed by atoms with Crippen LogP contribution in [0, 0.1) is 5.82 Å². The minimum absolute atomic E-state index is 0.108. The summed E-state index contributed by atoms with van der Waals surface area (Å²) in [4.78, 5) is 27.0. The lowest BCUT2D eigenvalue weighted by atomic mass is 10.3. The van der Waals surface area contributed by atoms with E-state index >= 15 is 0 Å². The fourth-order valence-electron chi connectivity index (χ4n) is 1.70. The van der Waals surface area contributed by atoms with E-state index in [1.54, 1.807) is 23.7 Å². The number of carbonyl (C=O) groups excluding carboxylic acids is 2. The van der Waals surface area contributed by atoms with Gasteiger partial charge in [-0.1, -0.05) is 6.07 Å². The van der Waals surface area contributed by atoms with Crippen molar-refractivity contribution in [1.29, 1.82) is 0 Å². The predicted octanol–water partition coefficient (Wildman–Crippen LogP) is 2.20. The molecule has 0 radical (unpaired) electrons. The second kappa shape index (κ2) is 8.84. The molecule has 2 N–H and O–H groups in total. The van der Waals surface area contributed by atoms with Crippen molar-refractivity contribution in [3.63, 3.8) is 0 Å². The molecule has 2 amide bonds. The first-order valence-electron chi connectivity index (χ1n) is 6.98. The Balaban J connectivity index is 1.57. The molecule has 23 heavy (non-hydrogen) atoms. The molecule has 122 valence electrons. The largest absolute Gasteiger partial charge is 0.493 e. The summed E-state index contributed by atoms with van der Waals surface area (Å²) < 4.78 is 18.3. The van der Waals surface area contributed by atoms with Gasteiger partial charge in [0.25, 0.3) is 0 Å². The third-order valence-corrected chi connectivity index (χ3v) is 3.43. The molecular formula is C15H16FN3O3S. The fraction of sp³-hybridized carbons (Fsp3) is 0.267. The lowest BCUT2D eigenvalue weighted by molar-refractivity contribution is -0.124. The van der Waals surface area contributed by atoms with E-state index in [0.717, 1.165) is 0 Å². The van der Waals surface area contributed by atoms with Crippen molar-refractivity contribution in [3.05, 3.63) is 41.7 Å². The Kier molecular flexibility index (Phi) is 6.49. The Morgan fingerprint density at radius 1 is 1.30 bits per heavy atom. The maximum absolute atomic E-state index is 12.9. The van der Waals surface area contributed by atoms with Crippen molar-refractivity contribution in [3.8, 4) is 5.75 Å². The van der Waals surface area contributed by atoms with Gasteiger partial charge in [-0.25, -0.2) is 9.37 Å². The monoisotopic (exact) mass is 337 g/mol. The van der Waals surface area contributed by atoms with E-state index in [2.05, 4.69) is 15.6 Å². The molecule has 1 aromatic heterocycles. The van der Waals surface area contributed by atoms with E-state index in [1.807, 2.05) is 0 Å². The quantitative estimate of drug-likeness (QED) is 0.724. The van der Waals surface area contributed by atoms with E-state index in [1.165, 1.54) is 23.5 Å². The van der Waals surface area contributed by atoms with E-state index in [-0.39, 0.29) is 30.6 Å². The van der Waals surface area contributed by atoms with Crippen molar-refractivity contribution >= 4 is 28.3 Å². The van der Waals surface area contributed by atoms with Gasteiger partial charge in [-0.15, -0.1) is 11.3 Å². The van der Waals surface area contributed by atoms with Gasteiger partial charge in [-0.05, 0) is 18.6 Å². The molecule has 0 saturated carbocycles. The molecule has 2 aromatic rings. The third-order valence-electron chi connectivity index (χ3n) is 2.74. The first kappa shape index (κ1) is 16.9. The minimum atomic E-state index is -0.369. The van der Waals surface area contributed by atoms with Gasteiger partial charge >= 0.3 is 0 Å². The Morgan fingerprint density at radius 2 is 2.17 bits per heavy atom. The molecule has 6 nitrogen and oxygen atoms in total. The highest BCUT2D eigenvalue weighted by Crippen LogP contribution is 2.12. The number of ether oxygens (including phenoxy) is 1. The van der Waals surface area contributed by atoms with Gasteiger partial charge in [0.05, 0.1) is 13.2 Å². The van der Waals surface area contributed by atoms with E-state index in [4.69, 9.17) is 4.74 Å². The van der Waals surface area contributed by atoms with Crippen LogP contribution >= 0.6 is 11.3 Å². The molecule has 0 fully saturated rings. The van der Waals surface area contributed by atoms with Crippen LogP contribution in [0.1, 0.15) is 12.8 Å². The molecule has 1 aromatic carbocycles. The highest BCUT2D eigenvalue weighted by molar-refractivity contribution is 7.13. The molecule has 0 aliphatic rings. The zero-order valence-corrected chi connectivity index (χ0v) is 13.1. The number of amides is 2. The number of aromatic nitrogens is 1. The molecule has 1 heterocycles. The molecule has 0 bridgehead atoms. The normalized spacial score (nSPS) is 10.1. The standard InChI is InChI=1S/C15H16FN3O3S/c16-11-3-1-4-12(9-11)22-7-2-5-13(20)18-10-14(21)19-15-17-6-8-23-15/h1,3-4,6,8-9H,2,5,7,10H2,(H,18,20)(H,17,19,21). The van der Waals surface area contributed by atoms with Gasteiger partial charge in [0.2, 0.25) is 11.8 Å². The molecule has 0 unspecified atom stereocenters. The lowest BCUT2D eigenvalue weighted by Gasteiger charge is -2.07. The van der Waals surface area contributed by atoms with Gasteiger partial charge in [-0.3, -0.25) is 9.59 Å². The molecule has 0 aliphatic carbocycles. The number of nitrogens with one attached hydrogen (secondary N) is 2. The van der Waals surface area contributed by atoms with Crippen molar-refractivity contribution < 1.29 is 18.7 Å². The second-order valence-electron chi connectivity index (χ2n) is 4.57. The number of halogens is 1. The third kappa shape index (κ3) is 6.43. The second-order valence-corrected chi connectivity index (χ2v) is 5.47. The Labute approximate surface area is 136 Å². The van der Waals surface area contributed by atoms with Crippen molar-refractivity contribution in [2.24, 2.45) is 0 Å². The molecular weight excluding hydrogens is 321 g/mol. The Morgan fingerprint density at radius 3 is 2.91 bits per heavy atom. The first-order valence-corrected chi connectivity index (χ1v) is 7.86. The summed E-state index contributed by atoms with van der Waals surface area (Å²) in [5.41, 5.74) is 0. The summed E-state index contributed by atoms with van der Waals surface area (Å²) in [6, 6.07) is 5.81. The Bertz CT molecular complexity index is 649. The maximum Gasteiger partial charge on any atom is 0.245 e. The fourth-order valence-corrected chi connectivity index (χ4v) is 2.24. The highest BCUT2D eigenvalue weighted by atomic mass is 32.1. The molecule has 8 heteroatoms. The number of nitrogens with zero attached hydrogens (tertiary/aromatic N) is 1. The van der Waals surface area contributed by atoms with Crippen LogP contribution in [0.4, 0.5) is 9.52 Å². The average molecular weight is 337 g/mol. The van der Waals surface area contributed by atoms with Crippen LogP contribution in [0.5, 0.6) is 5.75 Å². The number of benzene rings is 1. The lowest BCUT2D eigenvalue weighted by Crippen LogP contribution is -2.32. The van der Waals surface area contributed by atoms with E-state index in [9.17, 15) is 14.0 Å². The smallest absolute Gasteiger partial charge is 0.245 e. The van der Waals surface area contributed by atoms with E-state index in [0.29, 0.717) is 23.9 Å². The molecule has 0 atom stereocenters. The van der Waals surface area contributed by atoms with Gasteiger partial charge in [0, 0.05) is 24.1 Å². The number of anilines is 1. The van der Waals surface area contributed by atoms with E-state index < -0.39 is 0 Å². The summed E-state index contributed by atoms with van der Waals surface area (Å²) in [6.07, 6.45) is 2.27. The number of rotatable bonds is 8. The van der Waals surface area contributed by atoms with Crippen LogP contribution in [0.2, 0.25) is 0 Å². The summed E-state index contributed by atoms with van der Waals surface area (Å²) in [5, 5.41) is 7.31. The molecule has 0 aliphatic heterocycles. The zero-order chi connectivity index (χ0) is 16.5. The van der Waals surface area contributed by atoms with Crippen molar-refractivity contribution in [2.45, 2.75) is 12.8 Å². The number of carbonyl (C=O) groups is 2. The van der Waals surface area contributed by atoms with Crippen LogP contribution < -0.4 is 15.4 Å². The number of hydrogen-bond donors (Lipinski definition) is 2. The SMILES string of the molecule is O=C(CCCOc1cccc(F)c1)NCC(=O)Nc1nccs1. The maximum atomic E-state index is 12.9. The van der Waals surface area contributed by atoms with Gasteiger partial charge in [0.15, 0.2) is 5.13 Å². The topological polar surface area (TPSA) is 80.3 Å². The van der Waals surface area contributed by atoms with Crippen molar-refractivity contribution in [2.75, 3.05) is 18.5 Å². The van der Waals surface area contributed by atoms with Gasteiger partial charge < -0.3 is 15.4 Å². The van der Waals surface area contributed by atoms with Crippen LogP contribution in [0.15, 0.2) is 35.8 Å². The van der Waals surface area contributed by atoms with Crippen LogP contribution in [0.3, 0.4) is 0 Å². The molecule has 2 rings (SSSR count). The highest BCUT2D eigenvalue weighted by Gasteiger charge is 2.07. The van der Waals surface area contributed by atoms with Crippen LogP contribution in [0.25, 0.3) is 0 Å². The number of hydrogen-bond acceptors (Lipinski definition) is 5. The minimum Gasteiger partial charge on any atom is -0.493 e. The van der Waals surface area contributed by atoms with Gasteiger partial charge in [-0.2, -0.15) is 0 Å². The molecule has 0 saturated heterocycles. The summed E-state index contributed by atoms with van der Waals surface area (Å²) in [5.74, 6) is -0.522. The zero-order valence-electron chi connectivity index (χ0n) is 12.3. The number of thiazole rings is 1. The predicted molar refractivity (Wildman–Crippen MR) is 84.9 cm³/mol.